The van der Waals surface area contributed by atoms with Crippen LogP contribution in [-0.4, -0.2) is 42.6 Å². The number of thiazole rings is 1. The third kappa shape index (κ3) is 4.55. The van der Waals surface area contributed by atoms with Crippen molar-refractivity contribution in [2.24, 2.45) is 5.92 Å². The number of nitrogens with zero attached hydrogens (tertiary/aromatic N) is 2. The van der Waals surface area contributed by atoms with Crippen molar-refractivity contribution in [2.45, 2.75) is 32.6 Å². The fourth-order valence-electron chi connectivity index (χ4n) is 3.10. The molecule has 0 N–H and O–H groups in total. The Hall–Kier alpha value is -2.08. The van der Waals surface area contributed by atoms with Crippen LogP contribution in [0, 0.1) is 5.92 Å². The lowest BCUT2D eigenvalue weighted by Gasteiger charge is -2.32. The van der Waals surface area contributed by atoms with Crippen molar-refractivity contribution in [3.8, 4) is 11.5 Å². The highest BCUT2D eigenvalue weighted by atomic mass is 32.1. The number of hydrogen-bond donors (Lipinski definition) is 0. The molecular weight excluding hydrogens is 348 g/mol. The summed E-state index contributed by atoms with van der Waals surface area (Å²) in [6, 6.07) is 7.62. The molecule has 0 radical (unpaired) electrons. The van der Waals surface area contributed by atoms with E-state index < -0.39 is 0 Å². The van der Waals surface area contributed by atoms with Crippen LogP contribution < -0.4 is 9.47 Å². The van der Waals surface area contributed by atoms with Crippen LogP contribution in [0.1, 0.15) is 48.1 Å². The van der Waals surface area contributed by atoms with E-state index in [0.717, 1.165) is 42.4 Å². The van der Waals surface area contributed by atoms with Crippen molar-refractivity contribution < 1.29 is 14.3 Å². The number of hydrogen-bond acceptors (Lipinski definition) is 5. The lowest BCUT2D eigenvalue weighted by atomic mass is 9.98. The number of amides is 1. The van der Waals surface area contributed by atoms with E-state index in [1.54, 1.807) is 18.4 Å². The van der Waals surface area contributed by atoms with E-state index in [0.29, 0.717) is 24.1 Å². The third-order valence-electron chi connectivity index (χ3n) is 4.57. The van der Waals surface area contributed by atoms with Gasteiger partial charge in [-0.3, -0.25) is 4.79 Å². The molecule has 0 bridgehead atoms. The highest BCUT2D eigenvalue weighted by molar-refractivity contribution is 7.09. The van der Waals surface area contributed by atoms with Gasteiger partial charge in [0.25, 0.3) is 5.91 Å². The smallest absolute Gasteiger partial charge is 0.273 e. The second-order valence-corrected chi connectivity index (χ2v) is 7.86. The fourth-order valence-corrected chi connectivity index (χ4v) is 3.91. The first-order chi connectivity index (χ1) is 12.6. The average Bonchev–Trinajstić information content (AvgIpc) is 3.17. The molecule has 6 heteroatoms. The minimum Gasteiger partial charge on any atom is -0.497 e. The number of piperidine rings is 1. The Kier molecular flexibility index (Phi) is 6.14. The summed E-state index contributed by atoms with van der Waals surface area (Å²) in [5.41, 5.74) is 0.577. The van der Waals surface area contributed by atoms with E-state index in [1.165, 1.54) is 0 Å². The van der Waals surface area contributed by atoms with Gasteiger partial charge in [0.15, 0.2) is 0 Å². The van der Waals surface area contributed by atoms with Crippen molar-refractivity contribution in [3.63, 3.8) is 0 Å². The first kappa shape index (κ1) is 18.7. The summed E-state index contributed by atoms with van der Waals surface area (Å²) in [4.78, 5) is 19.2. The molecule has 26 heavy (non-hydrogen) atoms. The van der Waals surface area contributed by atoms with Crippen molar-refractivity contribution in [1.29, 1.82) is 0 Å². The van der Waals surface area contributed by atoms with Gasteiger partial charge in [-0.15, -0.1) is 11.3 Å². The number of carbonyl (C=O) groups excluding carboxylic acids is 1. The molecule has 5 nitrogen and oxygen atoms in total. The SMILES string of the molecule is COc1cccc(OCC2CCCN(C(=O)c3csc(C(C)C)n3)C2)c1. The van der Waals surface area contributed by atoms with Crippen LogP contribution in [0.5, 0.6) is 11.5 Å². The summed E-state index contributed by atoms with van der Waals surface area (Å²) >= 11 is 1.57. The predicted molar refractivity (Wildman–Crippen MR) is 103 cm³/mol. The van der Waals surface area contributed by atoms with Gasteiger partial charge in [-0.05, 0) is 25.0 Å². The minimum absolute atomic E-state index is 0.0410. The minimum atomic E-state index is 0.0410. The number of methoxy groups -OCH3 is 1. The maximum Gasteiger partial charge on any atom is 0.273 e. The Morgan fingerprint density at radius 2 is 2.19 bits per heavy atom. The maximum absolute atomic E-state index is 12.8. The number of aromatic nitrogens is 1. The van der Waals surface area contributed by atoms with Gasteiger partial charge < -0.3 is 14.4 Å². The van der Waals surface area contributed by atoms with E-state index in [-0.39, 0.29) is 5.91 Å². The molecule has 1 unspecified atom stereocenters. The fraction of sp³-hybridized carbons (Fsp3) is 0.500. The van der Waals surface area contributed by atoms with Gasteiger partial charge in [-0.25, -0.2) is 4.98 Å². The van der Waals surface area contributed by atoms with Crippen LogP contribution in [0.2, 0.25) is 0 Å². The van der Waals surface area contributed by atoms with E-state index in [1.807, 2.05) is 34.5 Å². The van der Waals surface area contributed by atoms with Crippen LogP contribution in [0.15, 0.2) is 29.6 Å². The van der Waals surface area contributed by atoms with Crippen molar-refractivity contribution in [2.75, 3.05) is 26.8 Å². The van der Waals surface area contributed by atoms with Crippen molar-refractivity contribution in [3.05, 3.63) is 40.3 Å². The molecule has 1 saturated heterocycles. The molecular formula is C20H26N2O3S. The van der Waals surface area contributed by atoms with Gasteiger partial charge in [0, 0.05) is 36.4 Å². The quantitative estimate of drug-likeness (QED) is 0.760. The number of rotatable bonds is 6. The summed E-state index contributed by atoms with van der Waals surface area (Å²) in [6.45, 7) is 6.31. The molecule has 1 aliphatic heterocycles. The Labute approximate surface area is 159 Å². The van der Waals surface area contributed by atoms with Crippen LogP contribution in [0.4, 0.5) is 0 Å². The topological polar surface area (TPSA) is 51.7 Å². The Morgan fingerprint density at radius 3 is 2.92 bits per heavy atom. The summed E-state index contributed by atoms with van der Waals surface area (Å²) in [5.74, 6) is 2.31. The monoisotopic (exact) mass is 374 g/mol. The average molecular weight is 375 g/mol. The highest BCUT2D eigenvalue weighted by Gasteiger charge is 2.26. The first-order valence-electron chi connectivity index (χ1n) is 9.08. The first-order valence-corrected chi connectivity index (χ1v) is 9.96. The molecule has 140 valence electrons. The molecule has 1 aromatic carbocycles. The molecule has 3 rings (SSSR count). The van der Waals surface area contributed by atoms with Crippen molar-refractivity contribution in [1.82, 2.24) is 9.88 Å². The molecule has 1 aromatic heterocycles. The normalized spacial score (nSPS) is 17.4. The number of ether oxygens (including phenoxy) is 2. The molecule has 2 heterocycles. The lowest BCUT2D eigenvalue weighted by molar-refractivity contribution is 0.0628. The third-order valence-corrected chi connectivity index (χ3v) is 5.71. The number of benzene rings is 1. The van der Waals surface area contributed by atoms with Gasteiger partial charge >= 0.3 is 0 Å². The summed E-state index contributed by atoms with van der Waals surface area (Å²) in [7, 11) is 1.65. The van der Waals surface area contributed by atoms with E-state index in [2.05, 4.69) is 18.8 Å². The summed E-state index contributed by atoms with van der Waals surface area (Å²) < 4.78 is 11.1. The van der Waals surface area contributed by atoms with E-state index in [4.69, 9.17) is 9.47 Å². The molecule has 0 saturated carbocycles. The molecule has 1 fully saturated rings. The molecule has 1 aliphatic rings. The molecule has 2 aromatic rings. The molecule has 1 amide bonds. The standard InChI is InChI=1S/C20H26N2O3S/c1-14(2)19-21-18(13-26-19)20(23)22-9-5-6-15(11-22)12-25-17-8-4-7-16(10-17)24-3/h4,7-8,10,13-15H,5-6,9,11-12H2,1-3H3. The van der Waals surface area contributed by atoms with E-state index >= 15 is 0 Å². The van der Waals surface area contributed by atoms with Gasteiger partial charge in [0.05, 0.1) is 18.7 Å². The lowest BCUT2D eigenvalue weighted by Crippen LogP contribution is -2.41. The van der Waals surface area contributed by atoms with Crippen molar-refractivity contribution >= 4 is 17.2 Å². The number of carbonyl (C=O) groups is 1. The van der Waals surface area contributed by atoms with Crippen LogP contribution in [0.25, 0.3) is 0 Å². The van der Waals surface area contributed by atoms with E-state index in [9.17, 15) is 4.79 Å². The zero-order chi connectivity index (χ0) is 18.5. The largest absolute Gasteiger partial charge is 0.497 e. The molecule has 1 atom stereocenters. The van der Waals surface area contributed by atoms with Gasteiger partial charge in [0.1, 0.15) is 17.2 Å². The zero-order valence-electron chi connectivity index (χ0n) is 15.6. The van der Waals surface area contributed by atoms with Crippen LogP contribution >= 0.6 is 11.3 Å². The zero-order valence-corrected chi connectivity index (χ0v) is 16.4. The highest BCUT2D eigenvalue weighted by Crippen LogP contribution is 2.24. The Morgan fingerprint density at radius 1 is 1.38 bits per heavy atom. The Bertz CT molecular complexity index is 744. The predicted octanol–water partition coefficient (Wildman–Crippen LogP) is 4.21. The number of likely N-dealkylation sites (tertiary alicyclic amines) is 1. The summed E-state index contributed by atoms with van der Waals surface area (Å²) in [6.07, 6.45) is 2.07. The van der Waals surface area contributed by atoms with Gasteiger partial charge in [0.2, 0.25) is 0 Å². The Balaban J connectivity index is 1.57. The molecule has 0 aliphatic carbocycles. The van der Waals surface area contributed by atoms with Gasteiger partial charge in [-0.2, -0.15) is 0 Å². The second-order valence-electron chi connectivity index (χ2n) is 6.98. The van der Waals surface area contributed by atoms with Crippen LogP contribution in [0.3, 0.4) is 0 Å². The maximum atomic E-state index is 12.8. The summed E-state index contributed by atoms with van der Waals surface area (Å²) in [5, 5.41) is 2.90. The van der Waals surface area contributed by atoms with Gasteiger partial charge in [-0.1, -0.05) is 19.9 Å². The second kappa shape index (κ2) is 8.54. The molecule has 0 spiro atoms. The van der Waals surface area contributed by atoms with Crippen LogP contribution in [-0.2, 0) is 0 Å².